The zero-order valence-electron chi connectivity index (χ0n) is 14.7. The van der Waals surface area contributed by atoms with Crippen molar-refractivity contribution in [2.75, 3.05) is 7.11 Å². The van der Waals surface area contributed by atoms with Gasteiger partial charge in [0.1, 0.15) is 11.5 Å². The summed E-state index contributed by atoms with van der Waals surface area (Å²) in [4.78, 5) is 14.6. The van der Waals surface area contributed by atoms with Crippen molar-refractivity contribution in [2.24, 2.45) is 0 Å². The molecule has 0 saturated carbocycles. The normalized spacial score (nSPS) is 17.5. The van der Waals surface area contributed by atoms with Crippen LogP contribution in [0.4, 0.5) is 0 Å². The van der Waals surface area contributed by atoms with Crippen LogP contribution in [0.5, 0.6) is 5.75 Å². The molecule has 0 fully saturated rings. The van der Waals surface area contributed by atoms with Gasteiger partial charge in [0.2, 0.25) is 5.56 Å². The van der Waals surface area contributed by atoms with Crippen LogP contribution in [0.1, 0.15) is 47.5 Å². The van der Waals surface area contributed by atoms with E-state index in [1.807, 2.05) is 36.4 Å². The van der Waals surface area contributed by atoms with Gasteiger partial charge in [0.05, 0.1) is 19.4 Å². The molecule has 1 aliphatic carbocycles. The highest BCUT2D eigenvalue weighted by atomic mass is 16.5. The first-order valence-electron chi connectivity index (χ1n) is 8.90. The van der Waals surface area contributed by atoms with Gasteiger partial charge in [0.25, 0.3) is 0 Å². The van der Waals surface area contributed by atoms with Gasteiger partial charge in [-0.1, -0.05) is 24.3 Å². The number of H-pyrrole nitrogens is 1. The Morgan fingerprint density at radius 2 is 2.08 bits per heavy atom. The number of furan rings is 1. The molecule has 0 spiro atoms. The standard InChI is InChI=1S/C21H22N2O3/c1-25-18-9-3-2-6-15(18)21(19-10-5-13-26-19)23-17-8-4-7-16-14(17)11-12-20(24)22-16/h2-3,5-6,9-13,17,21,23H,4,7-8H2,1H3,(H,22,24). The van der Waals surface area contributed by atoms with Crippen LogP contribution >= 0.6 is 0 Å². The molecule has 0 saturated heterocycles. The number of aromatic amines is 1. The quantitative estimate of drug-likeness (QED) is 0.736. The van der Waals surface area contributed by atoms with Crippen molar-refractivity contribution in [3.63, 3.8) is 0 Å². The maximum atomic E-state index is 11.7. The monoisotopic (exact) mass is 350 g/mol. The number of aryl methyl sites for hydroxylation is 1. The highest BCUT2D eigenvalue weighted by molar-refractivity contribution is 5.40. The van der Waals surface area contributed by atoms with Crippen molar-refractivity contribution in [2.45, 2.75) is 31.3 Å². The van der Waals surface area contributed by atoms with Gasteiger partial charge in [0, 0.05) is 23.4 Å². The number of methoxy groups -OCH3 is 1. The molecule has 5 nitrogen and oxygen atoms in total. The molecule has 26 heavy (non-hydrogen) atoms. The summed E-state index contributed by atoms with van der Waals surface area (Å²) in [5.41, 5.74) is 3.17. The average Bonchev–Trinajstić information content (AvgIpc) is 3.20. The smallest absolute Gasteiger partial charge is 0.248 e. The van der Waals surface area contributed by atoms with Gasteiger partial charge >= 0.3 is 0 Å². The van der Waals surface area contributed by atoms with Crippen LogP contribution in [0.2, 0.25) is 0 Å². The number of hydrogen-bond donors (Lipinski definition) is 2. The third-order valence-corrected chi connectivity index (χ3v) is 4.98. The summed E-state index contributed by atoms with van der Waals surface area (Å²) < 4.78 is 11.3. The molecule has 2 aromatic heterocycles. The Kier molecular flexibility index (Phi) is 4.63. The molecular weight excluding hydrogens is 328 g/mol. The minimum atomic E-state index is -0.135. The van der Waals surface area contributed by atoms with E-state index >= 15 is 0 Å². The Labute approximate surface area is 152 Å². The number of nitrogens with one attached hydrogen (secondary N) is 2. The van der Waals surface area contributed by atoms with E-state index in [-0.39, 0.29) is 17.6 Å². The van der Waals surface area contributed by atoms with Gasteiger partial charge < -0.3 is 14.1 Å². The fraction of sp³-hybridized carbons (Fsp3) is 0.286. The van der Waals surface area contributed by atoms with Crippen molar-refractivity contribution in [1.29, 1.82) is 0 Å². The summed E-state index contributed by atoms with van der Waals surface area (Å²) in [5, 5.41) is 3.73. The molecule has 2 heterocycles. The summed E-state index contributed by atoms with van der Waals surface area (Å²) >= 11 is 0. The SMILES string of the molecule is COc1ccccc1C(NC1CCCc2[nH]c(=O)ccc21)c1ccco1. The largest absolute Gasteiger partial charge is 0.496 e. The van der Waals surface area contributed by atoms with Crippen LogP contribution in [0, 0.1) is 0 Å². The van der Waals surface area contributed by atoms with Crippen molar-refractivity contribution < 1.29 is 9.15 Å². The Morgan fingerprint density at radius 1 is 1.19 bits per heavy atom. The first kappa shape index (κ1) is 16.7. The van der Waals surface area contributed by atoms with Crippen LogP contribution in [-0.2, 0) is 6.42 Å². The first-order valence-corrected chi connectivity index (χ1v) is 8.90. The number of hydrogen-bond acceptors (Lipinski definition) is 4. The molecule has 2 atom stereocenters. The minimum absolute atomic E-state index is 0.0447. The van der Waals surface area contributed by atoms with Crippen molar-refractivity contribution >= 4 is 0 Å². The van der Waals surface area contributed by atoms with E-state index in [0.717, 1.165) is 47.6 Å². The molecule has 0 radical (unpaired) electrons. The van der Waals surface area contributed by atoms with Gasteiger partial charge in [-0.25, -0.2) is 0 Å². The molecule has 1 aliphatic rings. The molecule has 0 aliphatic heterocycles. The van der Waals surface area contributed by atoms with Crippen molar-refractivity contribution in [1.82, 2.24) is 10.3 Å². The zero-order valence-corrected chi connectivity index (χ0v) is 14.7. The summed E-state index contributed by atoms with van der Waals surface area (Å²) in [5.74, 6) is 1.66. The Morgan fingerprint density at radius 3 is 2.88 bits per heavy atom. The van der Waals surface area contributed by atoms with E-state index in [2.05, 4.69) is 16.4 Å². The summed E-state index contributed by atoms with van der Waals surface area (Å²) in [6.45, 7) is 0. The highest BCUT2D eigenvalue weighted by Crippen LogP contribution is 2.35. The predicted molar refractivity (Wildman–Crippen MR) is 99.4 cm³/mol. The number of para-hydroxylation sites is 1. The van der Waals surface area contributed by atoms with Crippen molar-refractivity contribution in [3.8, 4) is 5.75 Å². The lowest BCUT2D eigenvalue weighted by atomic mass is 9.89. The first-order chi connectivity index (χ1) is 12.8. The van der Waals surface area contributed by atoms with E-state index in [1.54, 1.807) is 19.4 Å². The lowest BCUT2D eigenvalue weighted by Crippen LogP contribution is -2.31. The maximum Gasteiger partial charge on any atom is 0.248 e. The van der Waals surface area contributed by atoms with E-state index in [9.17, 15) is 4.79 Å². The predicted octanol–water partition coefficient (Wildman–Crippen LogP) is 3.73. The molecule has 0 bridgehead atoms. The summed E-state index contributed by atoms with van der Waals surface area (Å²) in [7, 11) is 1.68. The summed E-state index contributed by atoms with van der Waals surface area (Å²) in [6.07, 6.45) is 4.63. The van der Waals surface area contributed by atoms with Crippen LogP contribution in [0.15, 0.2) is 64.0 Å². The van der Waals surface area contributed by atoms with E-state index in [1.165, 1.54) is 0 Å². The van der Waals surface area contributed by atoms with Crippen molar-refractivity contribution in [3.05, 3.63) is 87.7 Å². The van der Waals surface area contributed by atoms with Gasteiger partial charge in [0.15, 0.2) is 0 Å². The molecule has 2 unspecified atom stereocenters. The maximum absolute atomic E-state index is 11.7. The molecule has 134 valence electrons. The lowest BCUT2D eigenvalue weighted by molar-refractivity contribution is 0.361. The van der Waals surface area contributed by atoms with Crippen LogP contribution in [-0.4, -0.2) is 12.1 Å². The second kappa shape index (κ2) is 7.22. The lowest BCUT2D eigenvalue weighted by Gasteiger charge is -2.30. The van der Waals surface area contributed by atoms with Gasteiger partial charge in [-0.2, -0.15) is 0 Å². The molecule has 4 rings (SSSR count). The number of aromatic nitrogens is 1. The topological polar surface area (TPSA) is 67.3 Å². The van der Waals surface area contributed by atoms with Gasteiger partial charge in [-0.05, 0) is 43.0 Å². The van der Waals surface area contributed by atoms with Gasteiger partial charge in [-0.15, -0.1) is 0 Å². The highest BCUT2D eigenvalue weighted by Gasteiger charge is 2.27. The van der Waals surface area contributed by atoms with E-state index in [4.69, 9.17) is 9.15 Å². The number of pyridine rings is 1. The molecular formula is C21H22N2O3. The zero-order chi connectivity index (χ0) is 17.9. The van der Waals surface area contributed by atoms with E-state index in [0.29, 0.717) is 0 Å². The number of rotatable bonds is 5. The van der Waals surface area contributed by atoms with Crippen LogP contribution in [0.25, 0.3) is 0 Å². The minimum Gasteiger partial charge on any atom is -0.496 e. The average molecular weight is 350 g/mol. The molecule has 2 N–H and O–H groups in total. The fourth-order valence-electron chi connectivity index (χ4n) is 3.76. The fourth-order valence-corrected chi connectivity index (χ4v) is 3.76. The van der Waals surface area contributed by atoms with Gasteiger partial charge in [-0.3, -0.25) is 10.1 Å². The number of fused-ring (bicyclic) bond motifs is 1. The van der Waals surface area contributed by atoms with E-state index < -0.39 is 0 Å². The second-order valence-corrected chi connectivity index (χ2v) is 6.56. The third-order valence-electron chi connectivity index (χ3n) is 4.98. The molecule has 0 amide bonds. The van der Waals surface area contributed by atoms with Crippen LogP contribution in [0.3, 0.4) is 0 Å². The Hall–Kier alpha value is -2.79. The number of ether oxygens (including phenoxy) is 1. The molecule has 1 aromatic carbocycles. The Bertz CT molecular complexity index is 930. The molecule has 5 heteroatoms. The van der Waals surface area contributed by atoms with Crippen LogP contribution < -0.4 is 15.6 Å². The number of benzene rings is 1. The Balaban J connectivity index is 1.72. The third kappa shape index (κ3) is 3.18. The molecule has 3 aromatic rings. The summed E-state index contributed by atoms with van der Waals surface area (Å²) in [6, 6.07) is 15.4. The second-order valence-electron chi connectivity index (χ2n) is 6.56.